The number of aryl methyl sites for hydroxylation is 1. The van der Waals surface area contributed by atoms with Gasteiger partial charge in [0.15, 0.2) is 0 Å². The van der Waals surface area contributed by atoms with E-state index in [1.54, 1.807) is 0 Å². The van der Waals surface area contributed by atoms with E-state index in [4.69, 9.17) is 4.74 Å². The van der Waals surface area contributed by atoms with Crippen LogP contribution in [0.1, 0.15) is 49.8 Å². The van der Waals surface area contributed by atoms with Crippen molar-refractivity contribution >= 4 is 11.9 Å². The van der Waals surface area contributed by atoms with Gasteiger partial charge in [-0.25, -0.2) is 0 Å². The third-order valence-electron chi connectivity index (χ3n) is 5.54. The van der Waals surface area contributed by atoms with Crippen LogP contribution in [0.2, 0.25) is 0 Å². The standard InChI is InChI=1S/C19H25NO4/c1-13-6-3-4-7-15(13)16-11-20(14(2)12-24-16)17(21)10-19(18(22)23)8-5-9-19/h3-4,6-7,14,16H,5,8-12H2,1-2H3,(H,22,23). The molecule has 0 aromatic heterocycles. The van der Waals surface area contributed by atoms with Gasteiger partial charge in [0.1, 0.15) is 6.10 Å². The predicted molar refractivity (Wildman–Crippen MR) is 89.6 cm³/mol. The van der Waals surface area contributed by atoms with E-state index in [9.17, 15) is 14.7 Å². The zero-order chi connectivity index (χ0) is 17.3. The molecule has 1 aliphatic carbocycles. The Labute approximate surface area is 142 Å². The first-order chi connectivity index (χ1) is 11.4. The van der Waals surface area contributed by atoms with Gasteiger partial charge in [0.2, 0.25) is 5.91 Å². The van der Waals surface area contributed by atoms with E-state index in [0.717, 1.165) is 17.5 Å². The molecular weight excluding hydrogens is 306 g/mol. The lowest BCUT2D eigenvalue weighted by molar-refractivity contribution is -0.163. The van der Waals surface area contributed by atoms with Gasteiger partial charge in [-0.1, -0.05) is 30.7 Å². The molecule has 0 bridgehead atoms. The maximum atomic E-state index is 12.8. The van der Waals surface area contributed by atoms with Gasteiger partial charge >= 0.3 is 5.97 Å². The number of aliphatic carboxylic acids is 1. The summed E-state index contributed by atoms with van der Waals surface area (Å²) in [5, 5.41) is 9.47. The zero-order valence-electron chi connectivity index (χ0n) is 14.3. The fourth-order valence-corrected chi connectivity index (χ4v) is 3.70. The molecule has 0 spiro atoms. The minimum absolute atomic E-state index is 0.0244. The Balaban J connectivity index is 1.73. The molecule has 1 saturated heterocycles. The lowest BCUT2D eigenvalue weighted by atomic mass is 9.66. The summed E-state index contributed by atoms with van der Waals surface area (Å²) in [6, 6.07) is 8.01. The van der Waals surface area contributed by atoms with Gasteiger partial charge in [-0.15, -0.1) is 0 Å². The van der Waals surface area contributed by atoms with Crippen molar-refractivity contribution in [3.05, 3.63) is 35.4 Å². The van der Waals surface area contributed by atoms with E-state index in [0.29, 0.717) is 26.0 Å². The second-order valence-corrected chi connectivity index (χ2v) is 7.19. The Morgan fingerprint density at radius 2 is 2.04 bits per heavy atom. The maximum absolute atomic E-state index is 12.8. The van der Waals surface area contributed by atoms with Crippen LogP contribution < -0.4 is 0 Å². The van der Waals surface area contributed by atoms with Crippen molar-refractivity contribution in [2.24, 2.45) is 5.41 Å². The maximum Gasteiger partial charge on any atom is 0.310 e. The summed E-state index contributed by atoms with van der Waals surface area (Å²) in [6.07, 6.45) is 2.06. The van der Waals surface area contributed by atoms with Gasteiger partial charge < -0.3 is 14.7 Å². The highest BCUT2D eigenvalue weighted by Gasteiger charge is 2.47. The summed E-state index contributed by atoms with van der Waals surface area (Å²) >= 11 is 0. The number of carbonyl (C=O) groups excluding carboxylic acids is 1. The summed E-state index contributed by atoms with van der Waals surface area (Å²) in [6.45, 7) is 4.96. The topological polar surface area (TPSA) is 66.8 Å². The van der Waals surface area contributed by atoms with E-state index < -0.39 is 11.4 Å². The highest BCUT2D eigenvalue weighted by molar-refractivity contribution is 5.86. The second-order valence-electron chi connectivity index (χ2n) is 7.19. The Bertz CT molecular complexity index is 638. The monoisotopic (exact) mass is 331 g/mol. The molecule has 1 heterocycles. The number of nitrogens with zero attached hydrogens (tertiary/aromatic N) is 1. The number of ether oxygens (including phenoxy) is 1. The van der Waals surface area contributed by atoms with Gasteiger partial charge in [-0.3, -0.25) is 9.59 Å². The average Bonchev–Trinajstić information content (AvgIpc) is 2.51. The number of morpholine rings is 1. The summed E-state index contributed by atoms with van der Waals surface area (Å²) in [4.78, 5) is 26.1. The van der Waals surface area contributed by atoms with Crippen LogP contribution in [0.25, 0.3) is 0 Å². The van der Waals surface area contributed by atoms with Crippen molar-refractivity contribution in [1.29, 1.82) is 0 Å². The number of amides is 1. The Morgan fingerprint density at radius 1 is 1.33 bits per heavy atom. The molecule has 0 radical (unpaired) electrons. The summed E-state index contributed by atoms with van der Waals surface area (Å²) in [5.74, 6) is -0.898. The minimum atomic E-state index is -0.840. The molecule has 2 aliphatic rings. The molecule has 1 aliphatic heterocycles. The normalized spacial score (nSPS) is 25.8. The van der Waals surface area contributed by atoms with E-state index in [2.05, 4.69) is 0 Å². The highest BCUT2D eigenvalue weighted by atomic mass is 16.5. The third kappa shape index (κ3) is 3.05. The van der Waals surface area contributed by atoms with Crippen LogP contribution in [-0.4, -0.2) is 41.1 Å². The average molecular weight is 331 g/mol. The molecule has 2 fully saturated rings. The zero-order valence-corrected chi connectivity index (χ0v) is 14.3. The number of carboxylic acids is 1. The van der Waals surface area contributed by atoms with Crippen molar-refractivity contribution < 1.29 is 19.4 Å². The fourth-order valence-electron chi connectivity index (χ4n) is 3.70. The molecule has 5 nitrogen and oxygen atoms in total. The lowest BCUT2D eigenvalue weighted by Crippen LogP contribution is -2.51. The molecule has 1 N–H and O–H groups in total. The molecule has 24 heavy (non-hydrogen) atoms. The van der Waals surface area contributed by atoms with E-state index in [-0.39, 0.29) is 24.5 Å². The first kappa shape index (κ1) is 17.0. The molecule has 5 heteroatoms. The third-order valence-corrected chi connectivity index (χ3v) is 5.54. The number of carbonyl (C=O) groups is 2. The Morgan fingerprint density at radius 3 is 2.62 bits per heavy atom. The second kappa shape index (κ2) is 6.55. The van der Waals surface area contributed by atoms with Gasteiger partial charge in [-0.05, 0) is 37.8 Å². The summed E-state index contributed by atoms with van der Waals surface area (Å²) in [7, 11) is 0. The van der Waals surface area contributed by atoms with Crippen molar-refractivity contribution in [2.75, 3.05) is 13.2 Å². The quantitative estimate of drug-likeness (QED) is 0.921. The first-order valence-corrected chi connectivity index (χ1v) is 8.63. The molecule has 2 atom stereocenters. The fraction of sp³-hybridized carbons (Fsp3) is 0.579. The van der Waals surface area contributed by atoms with E-state index in [1.807, 2.05) is 43.0 Å². The predicted octanol–water partition coefficient (Wildman–Crippen LogP) is 2.93. The van der Waals surface area contributed by atoms with Gasteiger partial charge in [0.05, 0.1) is 24.6 Å². The van der Waals surface area contributed by atoms with Crippen LogP contribution in [0.15, 0.2) is 24.3 Å². The van der Waals surface area contributed by atoms with Crippen LogP contribution in [0, 0.1) is 12.3 Å². The van der Waals surface area contributed by atoms with E-state index in [1.165, 1.54) is 0 Å². The molecule has 1 amide bonds. The lowest BCUT2D eigenvalue weighted by Gasteiger charge is -2.42. The van der Waals surface area contributed by atoms with Crippen LogP contribution in [0.5, 0.6) is 0 Å². The molecule has 1 aromatic rings. The molecule has 2 unspecified atom stereocenters. The van der Waals surface area contributed by atoms with Crippen LogP contribution in [0.3, 0.4) is 0 Å². The van der Waals surface area contributed by atoms with E-state index >= 15 is 0 Å². The first-order valence-electron chi connectivity index (χ1n) is 8.63. The SMILES string of the molecule is Cc1ccccc1C1CN(C(=O)CC2(C(=O)O)CCC2)C(C)CO1. The Kier molecular flexibility index (Phi) is 4.63. The molecular formula is C19H25NO4. The van der Waals surface area contributed by atoms with Gasteiger partial charge in [-0.2, -0.15) is 0 Å². The van der Waals surface area contributed by atoms with Gasteiger partial charge in [0.25, 0.3) is 0 Å². The number of rotatable bonds is 4. The summed E-state index contributed by atoms with van der Waals surface area (Å²) in [5.41, 5.74) is 1.40. The number of carboxylic acid groups (broad SMARTS) is 1. The number of hydrogen-bond acceptors (Lipinski definition) is 3. The molecule has 1 saturated carbocycles. The van der Waals surface area contributed by atoms with Crippen LogP contribution in [-0.2, 0) is 14.3 Å². The van der Waals surface area contributed by atoms with Crippen molar-refractivity contribution in [1.82, 2.24) is 4.90 Å². The summed E-state index contributed by atoms with van der Waals surface area (Å²) < 4.78 is 5.95. The number of benzene rings is 1. The molecule has 3 rings (SSSR count). The van der Waals surface area contributed by atoms with Crippen molar-refractivity contribution in [3.8, 4) is 0 Å². The smallest absolute Gasteiger partial charge is 0.310 e. The van der Waals surface area contributed by atoms with Gasteiger partial charge in [0, 0.05) is 6.42 Å². The number of hydrogen-bond donors (Lipinski definition) is 1. The Hall–Kier alpha value is -1.88. The van der Waals surface area contributed by atoms with Crippen molar-refractivity contribution in [2.45, 2.75) is 51.7 Å². The minimum Gasteiger partial charge on any atom is -0.481 e. The largest absolute Gasteiger partial charge is 0.481 e. The van der Waals surface area contributed by atoms with Crippen LogP contribution >= 0.6 is 0 Å². The molecule has 1 aromatic carbocycles. The van der Waals surface area contributed by atoms with Crippen molar-refractivity contribution in [3.63, 3.8) is 0 Å². The molecule has 130 valence electrons. The highest BCUT2D eigenvalue weighted by Crippen LogP contribution is 2.45. The van der Waals surface area contributed by atoms with Crippen LogP contribution in [0.4, 0.5) is 0 Å².